The monoisotopic (exact) mass is 329 g/mol. The number of nitrogens with zero attached hydrogens (tertiary/aromatic N) is 3. The van der Waals surface area contributed by atoms with E-state index >= 15 is 0 Å². The lowest BCUT2D eigenvalue weighted by molar-refractivity contribution is 0.412. The van der Waals surface area contributed by atoms with E-state index in [1.165, 1.54) is 0 Å². The minimum Gasteiger partial charge on any atom is -0.496 e. The van der Waals surface area contributed by atoms with Crippen LogP contribution in [-0.4, -0.2) is 17.1 Å². The van der Waals surface area contributed by atoms with Gasteiger partial charge in [-0.2, -0.15) is 5.26 Å². The highest BCUT2D eigenvalue weighted by atomic mass is 79.9. The lowest BCUT2D eigenvalue weighted by Gasteiger charge is -2.08. The van der Waals surface area contributed by atoms with Gasteiger partial charge in [0.05, 0.1) is 23.3 Å². The van der Waals surface area contributed by atoms with Crippen molar-refractivity contribution in [1.82, 2.24) is 9.97 Å². The maximum atomic E-state index is 9.23. The number of halogens is 1. The summed E-state index contributed by atoms with van der Waals surface area (Å²) in [6.07, 6.45) is 3.41. The second kappa shape index (κ2) is 4.88. The summed E-state index contributed by atoms with van der Waals surface area (Å²) < 4.78 is 6.09. The van der Waals surface area contributed by atoms with Gasteiger partial charge in [0.2, 0.25) is 0 Å². The predicted octanol–water partition coefficient (Wildman–Crippen LogP) is 3.47. The zero-order valence-corrected chi connectivity index (χ0v) is 12.5. The topological polar surface area (TPSA) is 58.8 Å². The fraction of sp³-hybridized carbons (Fsp3) is 0.267. The summed E-state index contributed by atoms with van der Waals surface area (Å²) in [5.41, 5.74) is 1.33. The maximum absolute atomic E-state index is 9.23. The van der Waals surface area contributed by atoms with E-state index < -0.39 is 5.41 Å². The minimum absolute atomic E-state index is 0.459. The first-order chi connectivity index (χ1) is 9.68. The van der Waals surface area contributed by atoms with Crippen LogP contribution in [0.3, 0.4) is 0 Å². The lowest BCUT2D eigenvalue weighted by Crippen LogP contribution is -2.09. The standard InChI is InChI=1S/C15H12BrN3O/c1-20-13-3-2-10(8-11(13)16)12-4-7-18-14(19-12)15(9-17)5-6-15/h2-4,7-8H,5-6H2,1H3. The largest absolute Gasteiger partial charge is 0.496 e. The molecule has 4 nitrogen and oxygen atoms in total. The van der Waals surface area contributed by atoms with E-state index in [0.717, 1.165) is 34.3 Å². The molecule has 2 aromatic rings. The Hall–Kier alpha value is -1.93. The number of ether oxygens (including phenoxy) is 1. The average Bonchev–Trinajstić information content (AvgIpc) is 3.28. The van der Waals surface area contributed by atoms with Gasteiger partial charge < -0.3 is 4.74 Å². The van der Waals surface area contributed by atoms with E-state index in [1.54, 1.807) is 13.3 Å². The van der Waals surface area contributed by atoms with Gasteiger partial charge in [0.25, 0.3) is 0 Å². The van der Waals surface area contributed by atoms with Gasteiger partial charge in [-0.1, -0.05) is 0 Å². The molecule has 1 heterocycles. The molecule has 3 rings (SSSR count). The van der Waals surface area contributed by atoms with Gasteiger partial charge in [-0.15, -0.1) is 0 Å². The third-order valence-corrected chi connectivity index (χ3v) is 4.11. The van der Waals surface area contributed by atoms with Crippen LogP contribution in [0.15, 0.2) is 34.9 Å². The van der Waals surface area contributed by atoms with Crippen molar-refractivity contribution in [2.75, 3.05) is 7.11 Å². The van der Waals surface area contributed by atoms with Gasteiger partial charge in [0.15, 0.2) is 0 Å². The molecular weight excluding hydrogens is 318 g/mol. The number of aromatic nitrogens is 2. The Kier molecular flexibility index (Phi) is 3.19. The Morgan fingerprint density at radius 1 is 1.35 bits per heavy atom. The smallest absolute Gasteiger partial charge is 0.149 e. The zero-order valence-electron chi connectivity index (χ0n) is 10.9. The van der Waals surface area contributed by atoms with E-state index in [1.807, 2.05) is 24.3 Å². The Labute approximate surface area is 125 Å². The molecule has 100 valence electrons. The van der Waals surface area contributed by atoms with Crippen molar-refractivity contribution in [1.29, 1.82) is 5.26 Å². The van der Waals surface area contributed by atoms with E-state index in [-0.39, 0.29) is 0 Å². The molecular formula is C15H12BrN3O. The SMILES string of the molecule is COc1ccc(-c2ccnc(C3(C#N)CC3)n2)cc1Br. The highest BCUT2D eigenvalue weighted by Gasteiger charge is 2.47. The van der Waals surface area contributed by atoms with Gasteiger partial charge in [0.1, 0.15) is 17.0 Å². The first-order valence-corrected chi connectivity index (χ1v) is 7.06. The van der Waals surface area contributed by atoms with Gasteiger partial charge in [-0.25, -0.2) is 9.97 Å². The van der Waals surface area contributed by atoms with E-state index in [4.69, 9.17) is 4.74 Å². The van der Waals surface area contributed by atoms with Crippen LogP contribution in [0.2, 0.25) is 0 Å². The molecule has 0 atom stereocenters. The molecule has 5 heteroatoms. The second-order valence-electron chi connectivity index (χ2n) is 4.81. The number of nitriles is 1. The number of hydrogen-bond donors (Lipinski definition) is 0. The first kappa shape index (κ1) is 13.1. The molecule has 1 aliphatic rings. The molecule has 0 unspecified atom stereocenters. The number of hydrogen-bond acceptors (Lipinski definition) is 4. The van der Waals surface area contributed by atoms with Crippen molar-refractivity contribution >= 4 is 15.9 Å². The second-order valence-corrected chi connectivity index (χ2v) is 5.66. The summed E-state index contributed by atoms with van der Waals surface area (Å²) in [6, 6.07) is 9.96. The van der Waals surface area contributed by atoms with Crippen LogP contribution in [0.1, 0.15) is 18.7 Å². The van der Waals surface area contributed by atoms with Crippen LogP contribution in [0, 0.1) is 11.3 Å². The summed E-state index contributed by atoms with van der Waals surface area (Å²) in [4.78, 5) is 8.81. The Balaban J connectivity index is 2.01. The molecule has 1 aliphatic carbocycles. The Bertz CT molecular complexity index is 705. The number of benzene rings is 1. The van der Waals surface area contributed by atoms with Crippen LogP contribution < -0.4 is 4.74 Å². The molecule has 0 saturated heterocycles. The summed E-state index contributed by atoms with van der Waals surface area (Å²) >= 11 is 3.47. The Morgan fingerprint density at radius 3 is 2.75 bits per heavy atom. The van der Waals surface area contributed by atoms with Crippen LogP contribution in [0.25, 0.3) is 11.3 Å². The summed E-state index contributed by atoms with van der Waals surface area (Å²) in [7, 11) is 1.63. The average molecular weight is 330 g/mol. The molecule has 1 aromatic heterocycles. The highest BCUT2D eigenvalue weighted by molar-refractivity contribution is 9.10. The molecule has 0 radical (unpaired) electrons. The van der Waals surface area contributed by atoms with Crippen LogP contribution in [-0.2, 0) is 5.41 Å². The fourth-order valence-corrected chi connectivity index (χ4v) is 2.63. The predicted molar refractivity (Wildman–Crippen MR) is 78.2 cm³/mol. The normalized spacial score (nSPS) is 15.4. The van der Waals surface area contributed by atoms with E-state index in [0.29, 0.717) is 5.82 Å². The molecule has 1 aromatic carbocycles. The molecule has 1 fully saturated rings. The summed E-state index contributed by atoms with van der Waals surface area (Å²) in [6.45, 7) is 0. The van der Waals surface area contributed by atoms with Gasteiger partial charge in [0, 0.05) is 11.8 Å². The van der Waals surface area contributed by atoms with Gasteiger partial charge in [-0.05, 0) is 53.0 Å². The van der Waals surface area contributed by atoms with E-state index in [2.05, 4.69) is 32.0 Å². The number of rotatable bonds is 3. The quantitative estimate of drug-likeness (QED) is 0.865. The molecule has 1 saturated carbocycles. The molecule has 20 heavy (non-hydrogen) atoms. The van der Waals surface area contributed by atoms with Gasteiger partial charge >= 0.3 is 0 Å². The van der Waals surface area contributed by atoms with Gasteiger partial charge in [-0.3, -0.25) is 0 Å². The van der Waals surface area contributed by atoms with Crippen LogP contribution in [0.4, 0.5) is 0 Å². The lowest BCUT2D eigenvalue weighted by atomic mass is 10.1. The Morgan fingerprint density at radius 2 is 2.15 bits per heavy atom. The molecule has 0 N–H and O–H groups in total. The van der Waals surface area contributed by atoms with E-state index in [9.17, 15) is 5.26 Å². The minimum atomic E-state index is -0.459. The van der Waals surface area contributed by atoms with Crippen LogP contribution >= 0.6 is 15.9 Å². The first-order valence-electron chi connectivity index (χ1n) is 6.27. The molecule has 0 spiro atoms. The van der Waals surface area contributed by atoms with Crippen LogP contribution in [0.5, 0.6) is 5.75 Å². The zero-order chi connectivity index (χ0) is 14.2. The van der Waals surface area contributed by atoms with Crippen molar-refractivity contribution < 1.29 is 4.74 Å². The maximum Gasteiger partial charge on any atom is 0.149 e. The molecule has 0 amide bonds. The third kappa shape index (κ3) is 2.16. The van der Waals surface area contributed by atoms with Crippen molar-refractivity contribution in [2.45, 2.75) is 18.3 Å². The molecule has 0 aliphatic heterocycles. The van der Waals surface area contributed by atoms with Crippen molar-refractivity contribution in [3.8, 4) is 23.1 Å². The van der Waals surface area contributed by atoms with Crippen molar-refractivity contribution in [3.63, 3.8) is 0 Å². The number of methoxy groups -OCH3 is 1. The third-order valence-electron chi connectivity index (χ3n) is 3.50. The highest BCUT2D eigenvalue weighted by Crippen LogP contribution is 2.46. The fourth-order valence-electron chi connectivity index (χ4n) is 2.09. The van der Waals surface area contributed by atoms with Crippen molar-refractivity contribution in [3.05, 3.63) is 40.8 Å². The van der Waals surface area contributed by atoms with Crippen molar-refractivity contribution in [2.24, 2.45) is 0 Å². The molecule has 0 bridgehead atoms. The summed E-state index contributed by atoms with van der Waals surface area (Å²) in [5.74, 6) is 1.41. The summed E-state index contributed by atoms with van der Waals surface area (Å²) in [5, 5.41) is 9.23.